The van der Waals surface area contributed by atoms with Crippen LogP contribution in [-0.4, -0.2) is 27.4 Å². The van der Waals surface area contributed by atoms with Crippen LogP contribution in [0.4, 0.5) is 5.69 Å². The molecule has 0 atom stereocenters. The molecule has 0 radical (unpaired) electrons. The summed E-state index contributed by atoms with van der Waals surface area (Å²) in [6, 6.07) is 10.9. The first kappa shape index (κ1) is 20.1. The van der Waals surface area contributed by atoms with Crippen LogP contribution in [0.25, 0.3) is 0 Å². The van der Waals surface area contributed by atoms with Gasteiger partial charge >= 0.3 is 0 Å². The predicted octanol–water partition coefficient (Wildman–Crippen LogP) is 3.25. The Kier molecular flexibility index (Phi) is 6.21. The van der Waals surface area contributed by atoms with Gasteiger partial charge in [0, 0.05) is 25.7 Å². The molecular formula is C20H26N2O3S. The highest BCUT2D eigenvalue weighted by Gasteiger charge is 2.17. The quantitative estimate of drug-likeness (QED) is 0.844. The van der Waals surface area contributed by atoms with Crippen LogP contribution in [0, 0.1) is 27.7 Å². The van der Waals surface area contributed by atoms with Gasteiger partial charge in [0.05, 0.1) is 4.90 Å². The minimum Gasteiger partial charge on any atom is -0.311 e. The zero-order valence-corrected chi connectivity index (χ0v) is 16.8. The van der Waals surface area contributed by atoms with E-state index < -0.39 is 10.0 Å². The van der Waals surface area contributed by atoms with Gasteiger partial charge in [-0.1, -0.05) is 23.8 Å². The summed E-state index contributed by atoms with van der Waals surface area (Å²) in [5.41, 5.74) is 4.87. The second-order valence-corrected chi connectivity index (χ2v) is 8.37. The van der Waals surface area contributed by atoms with Crippen LogP contribution in [0.1, 0.15) is 29.2 Å². The third-order valence-electron chi connectivity index (χ3n) is 4.44. The van der Waals surface area contributed by atoms with Crippen LogP contribution < -0.4 is 9.62 Å². The van der Waals surface area contributed by atoms with Crippen LogP contribution in [0.3, 0.4) is 0 Å². The lowest BCUT2D eigenvalue weighted by atomic mass is 10.1. The van der Waals surface area contributed by atoms with Gasteiger partial charge in [-0.15, -0.1) is 0 Å². The molecule has 0 bridgehead atoms. The van der Waals surface area contributed by atoms with Crippen LogP contribution in [0.15, 0.2) is 41.3 Å². The standard InChI is InChI=1S/C20H26N2O3S/c1-14-6-9-20(17(4)12-14)22(18(5)23)11-10-21-26(24,25)19-8-7-15(2)16(3)13-19/h6-9,12-13,21H,10-11H2,1-5H3. The molecule has 2 aromatic carbocycles. The van der Waals surface area contributed by atoms with E-state index in [1.807, 2.05) is 45.9 Å². The normalized spacial score (nSPS) is 11.4. The molecule has 0 saturated heterocycles. The molecule has 6 heteroatoms. The lowest BCUT2D eigenvalue weighted by Crippen LogP contribution is -2.38. The predicted molar refractivity (Wildman–Crippen MR) is 105 cm³/mol. The fourth-order valence-electron chi connectivity index (χ4n) is 2.81. The maximum Gasteiger partial charge on any atom is 0.240 e. The van der Waals surface area contributed by atoms with Gasteiger partial charge in [-0.25, -0.2) is 13.1 Å². The van der Waals surface area contributed by atoms with Crippen molar-refractivity contribution in [3.05, 3.63) is 58.7 Å². The average Bonchev–Trinajstić information content (AvgIpc) is 2.54. The number of hydrogen-bond acceptors (Lipinski definition) is 3. The van der Waals surface area contributed by atoms with Crippen LogP contribution in [0.2, 0.25) is 0 Å². The Morgan fingerprint density at radius 1 is 0.962 bits per heavy atom. The molecule has 0 saturated carbocycles. The summed E-state index contributed by atoms with van der Waals surface area (Å²) in [5.74, 6) is -0.123. The van der Waals surface area contributed by atoms with Crippen molar-refractivity contribution >= 4 is 21.6 Å². The molecule has 1 amide bonds. The molecule has 2 aromatic rings. The van der Waals surface area contributed by atoms with Crippen molar-refractivity contribution in [3.63, 3.8) is 0 Å². The maximum absolute atomic E-state index is 12.5. The largest absolute Gasteiger partial charge is 0.311 e. The Hall–Kier alpha value is -2.18. The van der Waals surface area contributed by atoms with E-state index in [1.165, 1.54) is 6.92 Å². The van der Waals surface area contributed by atoms with Crippen LogP contribution in [0.5, 0.6) is 0 Å². The first-order valence-electron chi connectivity index (χ1n) is 8.54. The molecule has 0 aliphatic carbocycles. The fourth-order valence-corrected chi connectivity index (χ4v) is 3.92. The Labute approximate surface area is 156 Å². The molecule has 26 heavy (non-hydrogen) atoms. The van der Waals surface area contributed by atoms with Gasteiger partial charge in [0.1, 0.15) is 0 Å². The van der Waals surface area contributed by atoms with E-state index >= 15 is 0 Å². The van der Waals surface area contributed by atoms with E-state index in [9.17, 15) is 13.2 Å². The number of carbonyl (C=O) groups excluding carboxylic acids is 1. The average molecular weight is 375 g/mol. The summed E-state index contributed by atoms with van der Waals surface area (Å²) >= 11 is 0. The summed E-state index contributed by atoms with van der Waals surface area (Å²) < 4.78 is 27.5. The first-order valence-corrected chi connectivity index (χ1v) is 10.0. The second kappa shape index (κ2) is 8.01. The molecule has 140 valence electrons. The number of sulfonamides is 1. The molecule has 0 heterocycles. The lowest BCUT2D eigenvalue weighted by molar-refractivity contribution is -0.116. The van der Waals surface area contributed by atoms with Gasteiger partial charge in [0.25, 0.3) is 0 Å². The van der Waals surface area contributed by atoms with Crippen molar-refractivity contribution < 1.29 is 13.2 Å². The van der Waals surface area contributed by atoms with E-state index in [4.69, 9.17) is 0 Å². The van der Waals surface area contributed by atoms with Crippen LogP contribution >= 0.6 is 0 Å². The van der Waals surface area contributed by atoms with Gasteiger partial charge in [0.15, 0.2) is 0 Å². The minimum atomic E-state index is -3.61. The zero-order chi connectivity index (χ0) is 19.5. The summed E-state index contributed by atoms with van der Waals surface area (Å²) in [7, 11) is -3.61. The number of aryl methyl sites for hydroxylation is 4. The molecule has 0 aliphatic heterocycles. The number of rotatable bonds is 6. The summed E-state index contributed by atoms with van der Waals surface area (Å²) in [6.45, 7) is 9.65. The van der Waals surface area contributed by atoms with Crippen molar-refractivity contribution in [2.45, 2.75) is 39.5 Å². The number of hydrogen-bond donors (Lipinski definition) is 1. The molecule has 0 spiro atoms. The highest BCUT2D eigenvalue weighted by molar-refractivity contribution is 7.89. The van der Waals surface area contributed by atoms with E-state index in [1.54, 1.807) is 23.1 Å². The highest BCUT2D eigenvalue weighted by atomic mass is 32.2. The zero-order valence-electron chi connectivity index (χ0n) is 16.0. The summed E-state index contributed by atoms with van der Waals surface area (Å²) in [6.07, 6.45) is 0. The Morgan fingerprint density at radius 2 is 1.65 bits per heavy atom. The van der Waals surface area contributed by atoms with Crippen molar-refractivity contribution in [1.29, 1.82) is 0 Å². The number of carbonyl (C=O) groups is 1. The van der Waals surface area contributed by atoms with E-state index in [-0.39, 0.29) is 23.9 Å². The lowest BCUT2D eigenvalue weighted by Gasteiger charge is -2.23. The van der Waals surface area contributed by atoms with Crippen molar-refractivity contribution in [3.8, 4) is 0 Å². The molecule has 1 N–H and O–H groups in total. The SMILES string of the molecule is CC(=O)N(CCNS(=O)(=O)c1ccc(C)c(C)c1)c1ccc(C)cc1C. The Balaban J connectivity index is 2.12. The third-order valence-corrected chi connectivity index (χ3v) is 5.90. The highest BCUT2D eigenvalue weighted by Crippen LogP contribution is 2.21. The molecule has 0 aromatic heterocycles. The topological polar surface area (TPSA) is 66.5 Å². The number of nitrogens with zero attached hydrogens (tertiary/aromatic N) is 1. The monoisotopic (exact) mass is 374 g/mol. The van der Waals surface area contributed by atoms with Crippen molar-refractivity contribution in [2.24, 2.45) is 0 Å². The smallest absolute Gasteiger partial charge is 0.240 e. The van der Waals surface area contributed by atoms with E-state index in [0.29, 0.717) is 0 Å². The minimum absolute atomic E-state index is 0.123. The van der Waals surface area contributed by atoms with E-state index in [0.717, 1.165) is 27.9 Å². The van der Waals surface area contributed by atoms with Gasteiger partial charge < -0.3 is 4.90 Å². The fraction of sp³-hybridized carbons (Fsp3) is 0.350. The van der Waals surface area contributed by atoms with Crippen LogP contribution in [-0.2, 0) is 14.8 Å². The number of amides is 1. The maximum atomic E-state index is 12.5. The second-order valence-electron chi connectivity index (χ2n) is 6.60. The summed E-state index contributed by atoms with van der Waals surface area (Å²) in [4.78, 5) is 13.9. The van der Waals surface area contributed by atoms with E-state index in [2.05, 4.69) is 4.72 Å². The van der Waals surface area contributed by atoms with Gasteiger partial charge in [-0.2, -0.15) is 0 Å². The number of anilines is 1. The molecule has 0 fully saturated rings. The van der Waals surface area contributed by atoms with Gasteiger partial charge in [0.2, 0.25) is 15.9 Å². The molecule has 0 aliphatic rings. The Morgan fingerprint density at radius 3 is 2.23 bits per heavy atom. The van der Waals surface area contributed by atoms with Gasteiger partial charge in [-0.05, 0) is 62.6 Å². The number of nitrogens with one attached hydrogen (secondary N) is 1. The van der Waals surface area contributed by atoms with Crippen molar-refractivity contribution in [1.82, 2.24) is 4.72 Å². The molecule has 2 rings (SSSR count). The number of benzene rings is 2. The molecule has 5 nitrogen and oxygen atoms in total. The van der Waals surface area contributed by atoms with Gasteiger partial charge in [-0.3, -0.25) is 4.79 Å². The first-order chi connectivity index (χ1) is 12.1. The molecule has 0 unspecified atom stereocenters. The molecular weight excluding hydrogens is 348 g/mol. The Bertz CT molecular complexity index is 921. The van der Waals surface area contributed by atoms with Crippen molar-refractivity contribution in [2.75, 3.05) is 18.0 Å². The summed E-state index contributed by atoms with van der Waals surface area (Å²) in [5, 5.41) is 0. The third kappa shape index (κ3) is 4.71.